The number of rotatable bonds is 3. The Hall–Kier alpha value is -2.27. The van der Waals surface area contributed by atoms with Gasteiger partial charge in [0.2, 0.25) is 0 Å². The number of anilines is 1. The Kier molecular flexibility index (Phi) is 3.66. The molecule has 1 aliphatic rings. The van der Waals surface area contributed by atoms with E-state index in [-0.39, 0.29) is 23.4 Å². The molecule has 4 nitrogen and oxygen atoms in total. The summed E-state index contributed by atoms with van der Waals surface area (Å²) >= 11 is 0. The largest absolute Gasteiger partial charge is 0.504 e. The SMILES string of the molecule is Oc1cc2c(cc1O)C(CNc1cccc(F)c1)NCC2. The van der Waals surface area contributed by atoms with Gasteiger partial charge in [0.15, 0.2) is 11.5 Å². The molecule has 0 bridgehead atoms. The van der Waals surface area contributed by atoms with E-state index in [1.807, 2.05) is 0 Å². The molecule has 0 saturated heterocycles. The summed E-state index contributed by atoms with van der Waals surface area (Å²) in [7, 11) is 0. The van der Waals surface area contributed by atoms with E-state index in [2.05, 4.69) is 10.6 Å². The summed E-state index contributed by atoms with van der Waals surface area (Å²) in [5, 5.41) is 25.8. The van der Waals surface area contributed by atoms with Crippen LogP contribution >= 0.6 is 0 Å². The van der Waals surface area contributed by atoms with Crippen molar-refractivity contribution in [2.75, 3.05) is 18.4 Å². The van der Waals surface area contributed by atoms with Crippen molar-refractivity contribution in [3.63, 3.8) is 0 Å². The monoisotopic (exact) mass is 288 g/mol. The van der Waals surface area contributed by atoms with E-state index >= 15 is 0 Å². The summed E-state index contributed by atoms with van der Waals surface area (Å²) in [5.41, 5.74) is 2.70. The fourth-order valence-electron chi connectivity index (χ4n) is 2.67. The highest BCUT2D eigenvalue weighted by Gasteiger charge is 2.21. The minimum absolute atomic E-state index is 0.00326. The first kappa shape index (κ1) is 13.7. The molecular formula is C16H17FN2O2. The van der Waals surface area contributed by atoms with Gasteiger partial charge >= 0.3 is 0 Å². The number of hydrogen-bond acceptors (Lipinski definition) is 4. The van der Waals surface area contributed by atoms with Gasteiger partial charge in [0.05, 0.1) is 0 Å². The predicted octanol–water partition coefficient (Wildman–Crippen LogP) is 2.54. The van der Waals surface area contributed by atoms with Gasteiger partial charge in [-0.15, -0.1) is 0 Å². The van der Waals surface area contributed by atoms with Gasteiger partial charge in [0, 0.05) is 18.3 Å². The van der Waals surface area contributed by atoms with E-state index in [9.17, 15) is 14.6 Å². The second-order valence-electron chi connectivity index (χ2n) is 5.19. The molecule has 1 atom stereocenters. The molecule has 2 aromatic rings. The third-order valence-electron chi connectivity index (χ3n) is 3.73. The van der Waals surface area contributed by atoms with E-state index < -0.39 is 0 Å². The molecule has 1 aliphatic heterocycles. The fourth-order valence-corrected chi connectivity index (χ4v) is 2.67. The van der Waals surface area contributed by atoms with Crippen LogP contribution in [-0.2, 0) is 6.42 Å². The van der Waals surface area contributed by atoms with Gasteiger partial charge in [0.1, 0.15) is 5.82 Å². The number of hydrogen-bond donors (Lipinski definition) is 4. The topological polar surface area (TPSA) is 64.5 Å². The summed E-state index contributed by atoms with van der Waals surface area (Å²) in [4.78, 5) is 0. The van der Waals surface area contributed by atoms with E-state index in [4.69, 9.17) is 0 Å². The summed E-state index contributed by atoms with van der Waals surface area (Å²) in [6.45, 7) is 1.37. The van der Waals surface area contributed by atoms with Crippen LogP contribution in [0, 0.1) is 5.82 Å². The first-order valence-electron chi connectivity index (χ1n) is 6.91. The molecule has 0 saturated carbocycles. The highest BCUT2D eigenvalue weighted by atomic mass is 19.1. The van der Waals surface area contributed by atoms with Crippen molar-refractivity contribution in [2.45, 2.75) is 12.5 Å². The summed E-state index contributed by atoms with van der Waals surface area (Å²) in [6.07, 6.45) is 0.805. The van der Waals surface area contributed by atoms with Gasteiger partial charge in [-0.2, -0.15) is 0 Å². The molecule has 21 heavy (non-hydrogen) atoms. The molecule has 1 heterocycles. The second kappa shape index (κ2) is 5.61. The van der Waals surface area contributed by atoms with Gasteiger partial charge in [0.25, 0.3) is 0 Å². The number of aromatic hydroxyl groups is 2. The van der Waals surface area contributed by atoms with Crippen LogP contribution in [0.1, 0.15) is 17.2 Å². The van der Waals surface area contributed by atoms with Crippen molar-refractivity contribution in [1.82, 2.24) is 5.32 Å². The molecule has 110 valence electrons. The lowest BCUT2D eigenvalue weighted by molar-refractivity contribution is 0.399. The van der Waals surface area contributed by atoms with Crippen LogP contribution in [0.3, 0.4) is 0 Å². The van der Waals surface area contributed by atoms with Crippen LogP contribution in [0.15, 0.2) is 36.4 Å². The molecule has 0 fully saturated rings. The van der Waals surface area contributed by atoms with Gasteiger partial charge in [-0.1, -0.05) is 6.07 Å². The van der Waals surface area contributed by atoms with Crippen molar-refractivity contribution in [3.8, 4) is 11.5 Å². The fraction of sp³-hybridized carbons (Fsp3) is 0.250. The Balaban J connectivity index is 1.77. The predicted molar refractivity (Wildman–Crippen MR) is 79.1 cm³/mol. The van der Waals surface area contributed by atoms with Crippen molar-refractivity contribution < 1.29 is 14.6 Å². The van der Waals surface area contributed by atoms with Crippen LogP contribution in [0.4, 0.5) is 10.1 Å². The molecular weight excluding hydrogens is 271 g/mol. The van der Waals surface area contributed by atoms with Crippen molar-refractivity contribution in [3.05, 3.63) is 53.3 Å². The molecule has 0 spiro atoms. The average molecular weight is 288 g/mol. The summed E-state index contributed by atoms with van der Waals surface area (Å²) in [6, 6.07) is 9.52. The zero-order chi connectivity index (χ0) is 14.8. The Morgan fingerprint density at radius 3 is 2.81 bits per heavy atom. The first-order chi connectivity index (χ1) is 10.1. The molecule has 3 rings (SSSR count). The summed E-state index contributed by atoms with van der Waals surface area (Å²) < 4.78 is 13.2. The Labute approximate surface area is 122 Å². The van der Waals surface area contributed by atoms with E-state index in [0.717, 1.165) is 24.1 Å². The molecule has 2 aromatic carbocycles. The van der Waals surface area contributed by atoms with Gasteiger partial charge in [-0.05, 0) is 54.4 Å². The zero-order valence-electron chi connectivity index (χ0n) is 11.4. The average Bonchev–Trinajstić information content (AvgIpc) is 2.46. The lowest BCUT2D eigenvalue weighted by Gasteiger charge is -2.28. The Bertz CT molecular complexity index is 661. The first-order valence-corrected chi connectivity index (χ1v) is 6.91. The number of fused-ring (bicyclic) bond motifs is 1. The Morgan fingerprint density at radius 2 is 2.00 bits per heavy atom. The number of halogens is 1. The van der Waals surface area contributed by atoms with Crippen molar-refractivity contribution in [1.29, 1.82) is 0 Å². The number of benzene rings is 2. The van der Waals surface area contributed by atoms with Crippen LogP contribution in [-0.4, -0.2) is 23.3 Å². The van der Waals surface area contributed by atoms with Crippen molar-refractivity contribution >= 4 is 5.69 Å². The standard InChI is InChI=1S/C16H17FN2O2/c17-11-2-1-3-12(7-11)19-9-14-13-8-16(21)15(20)6-10(13)4-5-18-14/h1-3,6-8,14,18-21H,4-5,9H2. The van der Waals surface area contributed by atoms with Crippen LogP contribution in [0.25, 0.3) is 0 Å². The minimum Gasteiger partial charge on any atom is -0.504 e. The quantitative estimate of drug-likeness (QED) is 0.655. The molecule has 0 aliphatic carbocycles. The molecule has 0 amide bonds. The maximum absolute atomic E-state index is 13.2. The Morgan fingerprint density at radius 1 is 1.19 bits per heavy atom. The number of phenolic OH excluding ortho intramolecular Hbond substituents is 2. The van der Waals surface area contributed by atoms with E-state index in [1.54, 1.807) is 24.3 Å². The zero-order valence-corrected chi connectivity index (χ0v) is 11.4. The third kappa shape index (κ3) is 2.92. The van der Waals surface area contributed by atoms with Crippen LogP contribution < -0.4 is 10.6 Å². The normalized spacial score (nSPS) is 17.3. The lowest BCUT2D eigenvalue weighted by atomic mass is 9.93. The summed E-state index contributed by atoms with van der Waals surface area (Å²) in [5.74, 6) is -0.486. The molecule has 5 heteroatoms. The van der Waals surface area contributed by atoms with Gasteiger partial charge in [-0.3, -0.25) is 0 Å². The van der Waals surface area contributed by atoms with Gasteiger partial charge in [-0.25, -0.2) is 4.39 Å². The van der Waals surface area contributed by atoms with Crippen LogP contribution in [0.2, 0.25) is 0 Å². The molecule has 0 aromatic heterocycles. The van der Waals surface area contributed by atoms with E-state index in [1.165, 1.54) is 12.1 Å². The number of nitrogens with one attached hydrogen (secondary N) is 2. The number of phenols is 2. The highest BCUT2D eigenvalue weighted by molar-refractivity contribution is 5.49. The van der Waals surface area contributed by atoms with Crippen LogP contribution in [0.5, 0.6) is 11.5 Å². The third-order valence-corrected chi connectivity index (χ3v) is 3.73. The van der Waals surface area contributed by atoms with E-state index in [0.29, 0.717) is 12.2 Å². The van der Waals surface area contributed by atoms with Crippen molar-refractivity contribution in [2.24, 2.45) is 0 Å². The molecule has 4 N–H and O–H groups in total. The van der Waals surface area contributed by atoms with Gasteiger partial charge < -0.3 is 20.8 Å². The maximum Gasteiger partial charge on any atom is 0.157 e. The molecule has 1 unspecified atom stereocenters. The molecule has 0 radical (unpaired) electrons. The minimum atomic E-state index is -0.278. The second-order valence-corrected chi connectivity index (χ2v) is 5.19. The smallest absolute Gasteiger partial charge is 0.157 e. The maximum atomic E-state index is 13.2. The highest BCUT2D eigenvalue weighted by Crippen LogP contribution is 2.33. The lowest BCUT2D eigenvalue weighted by Crippen LogP contribution is -2.34.